The van der Waals surface area contributed by atoms with Gasteiger partial charge in [-0.15, -0.1) is 11.3 Å². The van der Waals surface area contributed by atoms with Gasteiger partial charge in [0.2, 0.25) is 5.95 Å². The number of aromatic nitrogens is 4. The maximum absolute atomic E-state index is 13.2. The summed E-state index contributed by atoms with van der Waals surface area (Å²) in [5.41, 5.74) is 0.700. The van der Waals surface area contributed by atoms with Crippen LogP contribution in [0.4, 0.5) is 5.95 Å². The van der Waals surface area contributed by atoms with Crippen molar-refractivity contribution >= 4 is 33.4 Å². The molecule has 4 rings (SSSR count). The molecule has 1 amide bonds. The van der Waals surface area contributed by atoms with E-state index in [0.717, 1.165) is 24.8 Å². The Morgan fingerprint density at radius 2 is 1.83 bits per heavy atom. The van der Waals surface area contributed by atoms with Crippen molar-refractivity contribution < 1.29 is 4.79 Å². The third-order valence-electron chi connectivity index (χ3n) is 5.52. The Bertz CT molecular complexity index is 1090. The number of carbonyl (C=O) groups is 1. The van der Waals surface area contributed by atoms with Crippen LogP contribution in [0.15, 0.2) is 29.6 Å². The fourth-order valence-corrected chi connectivity index (χ4v) is 4.87. The van der Waals surface area contributed by atoms with Crippen molar-refractivity contribution in [2.75, 3.05) is 31.1 Å². The third-order valence-corrected chi connectivity index (χ3v) is 6.70. The molecule has 3 aromatic rings. The van der Waals surface area contributed by atoms with E-state index in [9.17, 15) is 9.59 Å². The highest BCUT2D eigenvalue weighted by Crippen LogP contribution is 2.28. The largest absolute Gasteiger partial charge is 0.337 e. The number of nitrogens with zero attached hydrogens (tertiary/aromatic N) is 6. The molecule has 1 aliphatic heterocycles. The highest BCUT2D eigenvalue weighted by Gasteiger charge is 2.27. The summed E-state index contributed by atoms with van der Waals surface area (Å²) in [5, 5.41) is 0.582. The van der Waals surface area contributed by atoms with E-state index in [2.05, 4.69) is 26.8 Å². The van der Waals surface area contributed by atoms with Crippen LogP contribution < -0.4 is 10.5 Å². The summed E-state index contributed by atoms with van der Waals surface area (Å²) in [4.78, 5) is 44.4. The average molecular weight is 427 g/mol. The quantitative estimate of drug-likeness (QED) is 0.564. The first kappa shape index (κ1) is 20.5. The van der Waals surface area contributed by atoms with E-state index in [1.165, 1.54) is 11.3 Å². The van der Waals surface area contributed by atoms with E-state index in [0.29, 0.717) is 53.8 Å². The Morgan fingerprint density at radius 3 is 2.53 bits per heavy atom. The smallest absolute Gasteiger partial charge is 0.264 e. The van der Waals surface area contributed by atoms with Gasteiger partial charge in [0.15, 0.2) is 0 Å². The van der Waals surface area contributed by atoms with Crippen molar-refractivity contribution in [2.24, 2.45) is 0 Å². The first-order valence-electron chi connectivity index (χ1n) is 10.4. The minimum Gasteiger partial charge on any atom is -0.337 e. The first-order chi connectivity index (χ1) is 14.6. The van der Waals surface area contributed by atoms with E-state index < -0.39 is 0 Å². The molecule has 4 heterocycles. The number of hydrogen-bond acceptors (Lipinski definition) is 7. The molecule has 0 saturated carbocycles. The van der Waals surface area contributed by atoms with Crippen molar-refractivity contribution in [3.05, 3.63) is 45.6 Å². The van der Waals surface area contributed by atoms with Gasteiger partial charge in [0.1, 0.15) is 4.83 Å². The van der Waals surface area contributed by atoms with Crippen LogP contribution in [0.2, 0.25) is 0 Å². The molecule has 0 unspecified atom stereocenters. The molecule has 3 aromatic heterocycles. The molecular formula is C21H26N6O2S. The molecule has 0 bridgehead atoms. The van der Waals surface area contributed by atoms with Crippen LogP contribution in [0.5, 0.6) is 0 Å². The highest BCUT2D eigenvalue weighted by molar-refractivity contribution is 7.20. The predicted octanol–water partition coefficient (Wildman–Crippen LogP) is 2.71. The number of amides is 1. The SMILES string of the molecule is CCCCCn1cnc2sc(C(=O)N3CCN(c4ncccn4)CC3)c(C)c2c1=O. The monoisotopic (exact) mass is 426 g/mol. The van der Waals surface area contributed by atoms with Crippen LogP contribution in [-0.4, -0.2) is 56.5 Å². The molecule has 9 heteroatoms. The molecule has 1 aliphatic rings. The molecule has 1 fully saturated rings. The summed E-state index contributed by atoms with van der Waals surface area (Å²) in [6, 6.07) is 1.79. The lowest BCUT2D eigenvalue weighted by Gasteiger charge is -2.34. The van der Waals surface area contributed by atoms with Gasteiger partial charge in [-0.3, -0.25) is 14.2 Å². The van der Waals surface area contributed by atoms with Crippen molar-refractivity contribution in [1.29, 1.82) is 0 Å². The number of aryl methyl sites for hydroxylation is 2. The second-order valence-corrected chi connectivity index (χ2v) is 8.51. The van der Waals surface area contributed by atoms with Gasteiger partial charge < -0.3 is 9.80 Å². The summed E-state index contributed by atoms with van der Waals surface area (Å²) in [6.45, 7) is 7.22. The van der Waals surface area contributed by atoms with Crippen LogP contribution in [0, 0.1) is 6.92 Å². The van der Waals surface area contributed by atoms with Gasteiger partial charge in [-0.2, -0.15) is 0 Å². The lowest BCUT2D eigenvalue weighted by atomic mass is 10.2. The molecule has 158 valence electrons. The van der Waals surface area contributed by atoms with Crippen molar-refractivity contribution in [1.82, 2.24) is 24.4 Å². The highest BCUT2D eigenvalue weighted by atomic mass is 32.1. The number of rotatable bonds is 6. The van der Waals surface area contributed by atoms with Crippen LogP contribution >= 0.6 is 11.3 Å². The lowest BCUT2D eigenvalue weighted by Crippen LogP contribution is -2.49. The molecule has 0 aromatic carbocycles. The fraction of sp³-hybridized carbons (Fsp3) is 0.476. The van der Waals surface area contributed by atoms with Crippen LogP contribution in [0.3, 0.4) is 0 Å². The number of unbranched alkanes of at least 4 members (excludes halogenated alkanes) is 2. The van der Waals surface area contributed by atoms with Crippen molar-refractivity contribution in [3.8, 4) is 0 Å². The molecule has 0 atom stereocenters. The number of carbonyl (C=O) groups excluding carboxylic acids is 1. The zero-order valence-electron chi connectivity index (χ0n) is 17.4. The topological polar surface area (TPSA) is 84.2 Å². The standard InChI is InChI=1S/C21H26N6O2S/c1-3-4-5-9-27-14-24-18-16(19(27)28)15(2)17(30-18)20(29)25-10-12-26(13-11-25)21-22-7-6-8-23-21/h6-8,14H,3-5,9-13H2,1-2H3. The molecule has 0 aliphatic carbocycles. The van der Waals surface area contributed by atoms with Crippen LogP contribution in [0.25, 0.3) is 10.2 Å². The summed E-state index contributed by atoms with van der Waals surface area (Å²) in [5.74, 6) is 0.663. The normalized spacial score (nSPS) is 14.5. The summed E-state index contributed by atoms with van der Waals surface area (Å²) < 4.78 is 1.67. The average Bonchev–Trinajstić information content (AvgIpc) is 3.13. The van der Waals surface area contributed by atoms with E-state index >= 15 is 0 Å². The van der Waals surface area contributed by atoms with E-state index in [-0.39, 0.29) is 11.5 Å². The Balaban J connectivity index is 1.52. The lowest BCUT2D eigenvalue weighted by molar-refractivity contribution is 0.0750. The summed E-state index contributed by atoms with van der Waals surface area (Å²) >= 11 is 1.32. The second kappa shape index (κ2) is 8.91. The van der Waals surface area contributed by atoms with E-state index in [1.807, 2.05) is 11.8 Å². The Labute approximate surface area is 179 Å². The van der Waals surface area contributed by atoms with Crippen LogP contribution in [0.1, 0.15) is 41.4 Å². The van der Waals surface area contributed by atoms with Gasteiger partial charge in [0, 0.05) is 45.1 Å². The minimum atomic E-state index is -0.0463. The number of fused-ring (bicyclic) bond motifs is 1. The van der Waals surface area contributed by atoms with Gasteiger partial charge in [-0.1, -0.05) is 19.8 Å². The van der Waals surface area contributed by atoms with Crippen LogP contribution in [-0.2, 0) is 6.54 Å². The van der Waals surface area contributed by atoms with Gasteiger partial charge in [-0.05, 0) is 25.0 Å². The Kier molecular flexibility index (Phi) is 6.08. The minimum absolute atomic E-state index is 0.0268. The first-order valence-corrected chi connectivity index (χ1v) is 11.2. The number of anilines is 1. The molecule has 30 heavy (non-hydrogen) atoms. The second-order valence-electron chi connectivity index (χ2n) is 7.51. The van der Waals surface area contributed by atoms with Gasteiger partial charge in [-0.25, -0.2) is 15.0 Å². The zero-order valence-corrected chi connectivity index (χ0v) is 18.2. The van der Waals surface area contributed by atoms with Crippen molar-refractivity contribution in [2.45, 2.75) is 39.7 Å². The van der Waals surface area contributed by atoms with Crippen molar-refractivity contribution in [3.63, 3.8) is 0 Å². The number of piperazine rings is 1. The van der Waals surface area contributed by atoms with Gasteiger partial charge in [0.05, 0.1) is 16.6 Å². The fourth-order valence-electron chi connectivity index (χ4n) is 3.76. The third kappa shape index (κ3) is 3.94. The maximum Gasteiger partial charge on any atom is 0.264 e. The zero-order chi connectivity index (χ0) is 21.1. The van der Waals surface area contributed by atoms with E-state index in [4.69, 9.17) is 0 Å². The van der Waals surface area contributed by atoms with E-state index in [1.54, 1.807) is 29.4 Å². The molecule has 0 radical (unpaired) electrons. The molecule has 8 nitrogen and oxygen atoms in total. The summed E-state index contributed by atoms with van der Waals surface area (Å²) in [6.07, 6.45) is 8.20. The molecule has 1 saturated heterocycles. The predicted molar refractivity (Wildman–Crippen MR) is 118 cm³/mol. The van der Waals surface area contributed by atoms with Gasteiger partial charge in [0.25, 0.3) is 11.5 Å². The number of hydrogen-bond donors (Lipinski definition) is 0. The molecule has 0 N–H and O–H groups in total. The Hall–Kier alpha value is -2.81. The molecular weight excluding hydrogens is 400 g/mol. The Morgan fingerprint density at radius 1 is 1.10 bits per heavy atom. The molecule has 0 spiro atoms. The summed E-state index contributed by atoms with van der Waals surface area (Å²) in [7, 11) is 0. The van der Waals surface area contributed by atoms with Gasteiger partial charge >= 0.3 is 0 Å². The maximum atomic E-state index is 13.2. The number of thiophene rings is 1.